The summed E-state index contributed by atoms with van der Waals surface area (Å²) < 4.78 is 92.5. The van der Waals surface area contributed by atoms with Gasteiger partial charge in [0.15, 0.2) is 10.9 Å². The topological polar surface area (TPSA) is 303 Å². The van der Waals surface area contributed by atoms with Crippen molar-refractivity contribution in [3.05, 3.63) is 99.2 Å². The average molecular weight is 1560 g/mol. The van der Waals surface area contributed by atoms with Crippen LogP contribution in [0.15, 0.2) is 99.2 Å². The van der Waals surface area contributed by atoms with Crippen LogP contribution in [0.4, 0.5) is 0 Å². The fourth-order valence-electron chi connectivity index (χ4n) is 7.11. The summed E-state index contributed by atoms with van der Waals surface area (Å²) in [4.78, 5) is 87.4. The lowest BCUT2D eigenvalue weighted by Crippen LogP contribution is -2.37. The summed E-state index contributed by atoms with van der Waals surface area (Å²) in [6.07, 6.45) is 4.47. The third-order valence-corrected chi connectivity index (χ3v) is 20.3. The van der Waals surface area contributed by atoms with Crippen molar-refractivity contribution in [2.45, 2.75) is 190 Å². The lowest BCUT2D eigenvalue weighted by molar-refractivity contribution is -0.226. The van der Waals surface area contributed by atoms with Crippen LogP contribution in [0.1, 0.15) is 95.9 Å². The highest BCUT2D eigenvalue weighted by molar-refractivity contribution is 8.01. The van der Waals surface area contributed by atoms with Crippen molar-refractivity contribution >= 4 is 118 Å². The Hall–Kier alpha value is -4.62. The Morgan fingerprint density at radius 2 is 0.569 bits per heavy atom. The second-order valence-electron chi connectivity index (χ2n) is 23.2. The van der Waals surface area contributed by atoms with Crippen molar-refractivity contribution in [3.63, 3.8) is 0 Å². The highest BCUT2D eigenvalue weighted by atomic mass is 32.2. The van der Waals surface area contributed by atoms with E-state index in [0.717, 1.165) is 42.6 Å². The molecule has 0 aromatic carbocycles. The Balaban J connectivity index is 0.000000583. The molecule has 8 saturated heterocycles. The quantitative estimate of drug-likeness (QED) is 0.0787. The van der Waals surface area contributed by atoms with E-state index >= 15 is 0 Å². The van der Waals surface area contributed by atoms with Crippen LogP contribution in [0.3, 0.4) is 0 Å². The second-order valence-corrected chi connectivity index (χ2v) is 31.5. The molecule has 0 saturated carbocycles. The summed E-state index contributed by atoms with van der Waals surface area (Å²) in [5.41, 5.74) is 1.29. The zero-order chi connectivity index (χ0) is 76.7. The lowest BCUT2D eigenvalue weighted by Gasteiger charge is -2.26. The number of ether oxygens (including phenoxy) is 18. The van der Waals surface area contributed by atoms with Crippen molar-refractivity contribution < 1.29 is 124 Å². The first-order chi connectivity index (χ1) is 48.2. The zero-order valence-corrected chi connectivity index (χ0v) is 65.9. The molecule has 8 aliphatic heterocycles. The predicted octanol–water partition coefficient (Wildman–Crippen LogP) is 10.5. The minimum Gasteiger partial charge on any atom is -0.446 e. The molecular weight excluding hydrogens is 1450 g/mol. The number of carbonyl (C=O) groups excluding carboxylic acids is 8. The van der Waals surface area contributed by atoms with Gasteiger partial charge in [0.1, 0.15) is 13.2 Å². The van der Waals surface area contributed by atoms with Crippen LogP contribution < -0.4 is 0 Å². The third-order valence-electron chi connectivity index (χ3n) is 12.9. The molecule has 0 aromatic heterocycles. The molecule has 0 spiro atoms. The standard InChI is InChI=1S/C10H16O3S.C9H14O4.3C9H14O3S.C8H12O4.2C8H12O3S/c1-7(2)10(11)13-9-6-14-8(3)4-5-12-9;1-6(2)9(10)13-8-5-11-7(3)4-12-8;1-6(2)9(10)12-8-4-11-7(3)5-13-8;1-6(2)9(10)12-8-5-13-7(3)4-11-8;1-3-8(10)12-9-6-13-7(2)4-5-11-9;1-3-7(9)12-8-5-10-6(2)4-11-8;1-3-7(9)11-8-4-10-6(2)5-12-8;1-3-7(9)11-8-5-12-6(2)4-10-8/h8-9H,1,4-6H2,2-3H3;3*7-8H,1,4-5H2,2-3H3;3,7,9H,1,4-6H2,2H3;3*3,6,8H,1,4-5H2,2H3. The molecule has 8 heterocycles. The minimum atomic E-state index is -0.583. The second kappa shape index (κ2) is 55.8. The van der Waals surface area contributed by atoms with E-state index in [-0.39, 0.29) is 59.2 Å². The maximum Gasteiger partial charge on any atom is 0.335 e. The van der Waals surface area contributed by atoms with Crippen molar-refractivity contribution in [3.8, 4) is 0 Å². The normalized spacial score (nSPS) is 28.7. The van der Waals surface area contributed by atoms with Gasteiger partial charge in [-0.05, 0) is 68.2 Å². The maximum atomic E-state index is 11.2. The van der Waals surface area contributed by atoms with E-state index in [2.05, 4.69) is 80.3 Å². The maximum absolute atomic E-state index is 11.2. The van der Waals surface area contributed by atoms with Gasteiger partial charge in [0.05, 0.1) is 100 Å². The van der Waals surface area contributed by atoms with Crippen molar-refractivity contribution in [1.82, 2.24) is 0 Å². The molecule has 0 radical (unpaired) electrons. The van der Waals surface area contributed by atoms with Crippen LogP contribution in [0.25, 0.3) is 0 Å². The van der Waals surface area contributed by atoms with E-state index in [1.165, 1.54) is 6.08 Å². The molecular formula is C70H108O26S6. The summed E-state index contributed by atoms with van der Waals surface area (Å²) in [7, 11) is 0. The van der Waals surface area contributed by atoms with Gasteiger partial charge in [-0.3, -0.25) is 0 Å². The molecule has 0 aromatic rings. The number of thioether (sulfide) groups is 6. The average Bonchev–Trinajstić information content (AvgIpc) is 1.36. The van der Waals surface area contributed by atoms with E-state index in [1.807, 2.05) is 27.7 Å². The van der Waals surface area contributed by atoms with Gasteiger partial charge in [-0.2, -0.15) is 23.5 Å². The van der Waals surface area contributed by atoms with Crippen molar-refractivity contribution in [2.75, 3.05) is 101 Å². The summed E-state index contributed by atoms with van der Waals surface area (Å²) in [6.45, 7) is 55.0. The monoisotopic (exact) mass is 1560 g/mol. The van der Waals surface area contributed by atoms with Gasteiger partial charge in [0.2, 0.25) is 37.7 Å². The van der Waals surface area contributed by atoms with Gasteiger partial charge in [-0.15, -0.1) is 47.0 Å². The molecule has 0 bridgehead atoms. The van der Waals surface area contributed by atoms with E-state index < -0.39 is 61.6 Å². The molecule has 0 aliphatic carbocycles. The van der Waals surface area contributed by atoms with Gasteiger partial charge >= 0.3 is 47.8 Å². The zero-order valence-electron chi connectivity index (χ0n) is 61.0. The van der Waals surface area contributed by atoms with E-state index in [4.69, 9.17) is 85.3 Å². The largest absolute Gasteiger partial charge is 0.446 e. The van der Waals surface area contributed by atoms with Gasteiger partial charge in [-0.25, -0.2) is 38.4 Å². The smallest absolute Gasteiger partial charge is 0.335 e. The highest BCUT2D eigenvalue weighted by Crippen LogP contribution is 2.26. The Bertz CT molecular complexity index is 2400. The summed E-state index contributed by atoms with van der Waals surface area (Å²) in [5.74, 6) is 1.34. The Kier molecular flexibility index (Phi) is 52.2. The fourth-order valence-corrected chi connectivity index (χ4v) is 12.4. The number of esters is 8. The van der Waals surface area contributed by atoms with E-state index in [1.54, 1.807) is 98.3 Å². The number of rotatable bonds is 16. The summed E-state index contributed by atoms with van der Waals surface area (Å²) in [5, 5.41) is 2.12. The molecule has 16 unspecified atom stereocenters. The van der Waals surface area contributed by atoms with Crippen LogP contribution in [0, 0.1) is 0 Å². The molecule has 580 valence electrons. The van der Waals surface area contributed by atoms with Crippen molar-refractivity contribution in [2.24, 2.45) is 0 Å². The lowest BCUT2D eigenvalue weighted by atomic mass is 10.3. The molecule has 8 rings (SSSR count). The molecule has 32 heteroatoms. The SMILES string of the molecule is C=C(C)C(=O)OC1COC(C)CO1.C=C(C)C(=O)OC1COC(C)CS1.C=C(C)C(=O)OC1CSC(C)CCO1.C=C(C)C(=O)OC1CSC(C)CO1.C=CC(=O)OC1COC(C)CO1.C=CC(=O)OC1COC(C)CS1.C=CC(=O)OC1CSC(C)CCO1.C=CC(=O)OC1CSC(C)CO1. The summed E-state index contributed by atoms with van der Waals surface area (Å²) in [6, 6.07) is 0. The van der Waals surface area contributed by atoms with Gasteiger partial charge in [-0.1, -0.05) is 80.3 Å². The van der Waals surface area contributed by atoms with Gasteiger partial charge in [0, 0.05) is 79.1 Å². The summed E-state index contributed by atoms with van der Waals surface area (Å²) >= 11 is 10.2. The van der Waals surface area contributed by atoms with Crippen LogP contribution in [-0.2, 0) is 124 Å². The highest BCUT2D eigenvalue weighted by Gasteiger charge is 2.28. The fraction of sp³-hybridized carbons (Fsp3) is 0.657. The first kappa shape index (κ1) is 95.4. The Labute approximate surface area is 627 Å². The third kappa shape index (κ3) is 47.8. The number of hydrogen-bond acceptors (Lipinski definition) is 32. The molecule has 16 atom stereocenters. The van der Waals surface area contributed by atoms with Crippen molar-refractivity contribution in [1.29, 1.82) is 0 Å². The molecule has 0 N–H and O–H groups in total. The number of hydrogen-bond donors (Lipinski definition) is 0. The minimum absolute atomic E-state index is 0.0692. The molecule has 8 fully saturated rings. The Morgan fingerprint density at radius 3 is 0.892 bits per heavy atom. The Morgan fingerprint density at radius 1 is 0.294 bits per heavy atom. The molecule has 8 aliphatic rings. The molecule has 0 amide bonds. The van der Waals surface area contributed by atoms with Gasteiger partial charge < -0.3 is 85.3 Å². The van der Waals surface area contributed by atoms with Crippen LogP contribution in [0.5, 0.6) is 0 Å². The first-order valence-electron chi connectivity index (χ1n) is 32.9. The van der Waals surface area contributed by atoms with Crippen LogP contribution in [-0.4, -0.2) is 242 Å². The number of carbonyl (C=O) groups is 8. The van der Waals surface area contributed by atoms with E-state index in [0.29, 0.717) is 132 Å². The first-order valence-corrected chi connectivity index (χ1v) is 39.2. The molecule has 26 nitrogen and oxygen atoms in total. The van der Waals surface area contributed by atoms with Crippen LogP contribution >= 0.6 is 70.6 Å². The predicted molar refractivity (Wildman–Crippen MR) is 398 cm³/mol. The molecule has 102 heavy (non-hydrogen) atoms. The van der Waals surface area contributed by atoms with Crippen LogP contribution in [0.2, 0.25) is 0 Å². The van der Waals surface area contributed by atoms with E-state index in [9.17, 15) is 38.4 Å². The van der Waals surface area contributed by atoms with Gasteiger partial charge in [0.25, 0.3) is 0 Å².